The van der Waals surface area contributed by atoms with E-state index in [1.54, 1.807) is 12.1 Å². The molecule has 3 rings (SSSR count). The van der Waals surface area contributed by atoms with Crippen molar-refractivity contribution in [1.29, 1.82) is 0 Å². The normalized spacial score (nSPS) is 10.7. The van der Waals surface area contributed by atoms with Gasteiger partial charge in [0, 0.05) is 0 Å². The average molecular weight is 424 g/mol. The highest BCUT2D eigenvalue weighted by atomic mass is 32.2. The average Bonchev–Trinajstić information content (AvgIpc) is 3.39. The van der Waals surface area contributed by atoms with Crippen molar-refractivity contribution >= 4 is 29.5 Å². The van der Waals surface area contributed by atoms with E-state index in [1.165, 1.54) is 36.7 Å². The van der Waals surface area contributed by atoms with Gasteiger partial charge in [-0.25, -0.2) is 4.79 Å². The van der Waals surface area contributed by atoms with Gasteiger partial charge in [-0.2, -0.15) is 0 Å². The zero-order valence-corrected chi connectivity index (χ0v) is 16.8. The predicted octanol–water partition coefficient (Wildman–Crippen LogP) is 2.84. The van der Waals surface area contributed by atoms with Gasteiger partial charge in [0.15, 0.2) is 24.7 Å². The van der Waals surface area contributed by atoms with Crippen molar-refractivity contribution in [2.75, 3.05) is 19.6 Å². The maximum atomic E-state index is 11.8. The molecule has 0 unspecified atom stereocenters. The fourth-order valence-corrected chi connectivity index (χ4v) is 2.63. The highest BCUT2D eigenvalue weighted by molar-refractivity contribution is 7.98. The number of carbonyl (C=O) groups is 1. The standard InChI is InChI=1S/C16H16N4O6S2/c1-22-14(21)9-4-5-10(23-7-12-17-19-15(25-12)27-2)11(6-9)24-8-13-18-20-16(26-13)28-3/h4-6H,7-8H2,1-3H3. The topological polar surface area (TPSA) is 123 Å². The van der Waals surface area contributed by atoms with Gasteiger partial charge in [-0.15, -0.1) is 20.4 Å². The van der Waals surface area contributed by atoms with Crippen LogP contribution in [-0.4, -0.2) is 46.0 Å². The SMILES string of the molecule is COC(=O)c1ccc(OCc2nnc(SC)o2)c(OCc2nnc(SC)o2)c1. The minimum absolute atomic E-state index is 0.00568. The minimum atomic E-state index is -0.500. The Bertz CT molecular complexity index is 945. The third-order valence-corrected chi connectivity index (χ3v) is 4.34. The number of hydrogen-bond acceptors (Lipinski definition) is 12. The van der Waals surface area contributed by atoms with Crippen LogP contribution in [-0.2, 0) is 18.0 Å². The number of methoxy groups -OCH3 is 1. The van der Waals surface area contributed by atoms with E-state index in [0.29, 0.717) is 39.3 Å². The van der Waals surface area contributed by atoms with Gasteiger partial charge in [0.2, 0.25) is 0 Å². The molecule has 0 aliphatic rings. The summed E-state index contributed by atoms with van der Waals surface area (Å²) in [4.78, 5) is 11.8. The van der Waals surface area contributed by atoms with E-state index < -0.39 is 5.97 Å². The van der Waals surface area contributed by atoms with Crippen LogP contribution >= 0.6 is 23.5 Å². The van der Waals surface area contributed by atoms with Gasteiger partial charge in [0.25, 0.3) is 22.2 Å². The number of thioether (sulfide) groups is 2. The first-order chi connectivity index (χ1) is 13.6. The molecule has 0 saturated carbocycles. The van der Waals surface area contributed by atoms with Crippen molar-refractivity contribution in [1.82, 2.24) is 20.4 Å². The Hall–Kier alpha value is -2.73. The van der Waals surface area contributed by atoms with Crippen molar-refractivity contribution in [3.63, 3.8) is 0 Å². The largest absolute Gasteiger partial charge is 0.480 e. The van der Waals surface area contributed by atoms with E-state index in [-0.39, 0.29) is 13.2 Å². The lowest BCUT2D eigenvalue weighted by Crippen LogP contribution is -2.05. The molecule has 0 spiro atoms. The lowest BCUT2D eigenvalue weighted by atomic mass is 10.2. The van der Waals surface area contributed by atoms with E-state index in [0.717, 1.165) is 0 Å². The van der Waals surface area contributed by atoms with Gasteiger partial charge in [-0.3, -0.25) is 0 Å². The molecule has 10 nitrogen and oxygen atoms in total. The highest BCUT2D eigenvalue weighted by Crippen LogP contribution is 2.30. The molecule has 0 radical (unpaired) electrons. The molecule has 0 bridgehead atoms. The summed E-state index contributed by atoms with van der Waals surface area (Å²) in [5.74, 6) is 0.784. The van der Waals surface area contributed by atoms with Crippen molar-refractivity contribution in [2.24, 2.45) is 0 Å². The van der Waals surface area contributed by atoms with Crippen LogP contribution in [0.5, 0.6) is 11.5 Å². The molecule has 2 aromatic heterocycles. The van der Waals surface area contributed by atoms with Crippen molar-refractivity contribution in [3.8, 4) is 11.5 Å². The van der Waals surface area contributed by atoms with Crippen molar-refractivity contribution in [3.05, 3.63) is 35.5 Å². The monoisotopic (exact) mass is 424 g/mol. The summed E-state index contributed by atoms with van der Waals surface area (Å²) in [6, 6.07) is 4.66. The smallest absolute Gasteiger partial charge is 0.337 e. The minimum Gasteiger partial charge on any atom is -0.480 e. The first-order valence-electron chi connectivity index (χ1n) is 7.83. The zero-order chi connectivity index (χ0) is 19.9. The summed E-state index contributed by atoms with van der Waals surface area (Å²) < 4.78 is 26.9. The summed E-state index contributed by atoms with van der Waals surface area (Å²) in [5.41, 5.74) is 0.308. The van der Waals surface area contributed by atoms with Crippen LogP contribution in [0.3, 0.4) is 0 Å². The second-order valence-corrected chi connectivity index (χ2v) is 6.58. The van der Waals surface area contributed by atoms with Gasteiger partial charge in [0.05, 0.1) is 12.7 Å². The quantitative estimate of drug-likeness (QED) is 0.370. The Morgan fingerprint density at radius 2 is 1.50 bits per heavy atom. The molecule has 1 aromatic carbocycles. The van der Waals surface area contributed by atoms with Crippen LogP contribution < -0.4 is 9.47 Å². The Kier molecular flexibility index (Phi) is 6.76. The maximum Gasteiger partial charge on any atom is 0.337 e. The summed E-state index contributed by atoms with van der Waals surface area (Å²) in [6.45, 7) is 0.0460. The van der Waals surface area contributed by atoms with E-state index >= 15 is 0 Å². The molecule has 0 fully saturated rings. The van der Waals surface area contributed by atoms with Gasteiger partial charge >= 0.3 is 5.97 Å². The third kappa shape index (κ3) is 4.95. The molecular weight excluding hydrogens is 408 g/mol. The molecule has 28 heavy (non-hydrogen) atoms. The first kappa shape index (κ1) is 20.0. The molecule has 148 valence electrons. The highest BCUT2D eigenvalue weighted by Gasteiger charge is 2.15. The number of aromatic nitrogens is 4. The predicted molar refractivity (Wildman–Crippen MR) is 98.6 cm³/mol. The molecule has 0 saturated heterocycles. The summed E-state index contributed by atoms with van der Waals surface area (Å²) >= 11 is 2.66. The Morgan fingerprint density at radius 1 is 0.929 bits per heavy atom. The lowest BCUT2D eigenvalue weighted by Gasteiger charge is -2.12. The second-order valence-electron chi connectivity index (χ2n) is 5.06. The summed E-state index contributed by atoms with van der Waals surface area (Å²) in [5, 5.41) is 16.3. The molecule has 0 aliphatic carbocycles. The van der Waals surface area contributed by atoms with Crippen molar-refractivity contribution < 1.29 is 27.8 Å². The molecule has 0 N–H and O–H groups in total. The van der Waals surface area contributed by atoms with Crippen LogP contribution in [0.15, 0.2) is 37.5 Å². The van der Waals surface area contributed by atoms with Crippen LogP contribution in [0.4, 0.5) is 0 Å². The fourth-order valence-electron chi connectivity index (χ4n) is 2.02. The van der Waals surface area contributed by atoms with Crippen molar-refractivity contribution in [2.45, 2.75) is 23.7 Å². The number of rotatable bonds is 9. The second kappa shape index (κ2) is 9.46. The van der Waals surface area contributed by atoms with Crippen LogP contribution in [0.2, 0.25) is 0 Å². The molecule has 0 aliphatic heterocycles. The number of ether oxygens (including phenoxy) is 3. The summed E-state index contributed by atoms with van der Waals surface area (Å²) in [7, 11) is 1.30. The van der Waals surface area contributed by atoms with Gasteiger partial charge in [-0.1, -0.05) is 23.5 Å². The van der Waals surface area contributed by atoms with Crippen LogP contribution in [0.25, 0.3) is 0 Å². The number of hydrogen-bond donors (Lipinski definition) is 0. The molecular formula is C16H16N4O6S2. The molecule has 2 heterocycles. The lowest BCUT2D eigenvalue weighted by molar-refractivity contribution is 0.0600. The fraction of sp³-hybridized carbons (Fsp3) is 0.312. The molecule has 3 aromatic rings. The molecule has 0 atom stereocenters. The van der Waals surface area contributed by atoms with Crippen LogP contribution in [0, 0.1) is 0 Å². The van der Waals surface area contributed by atoms with Crippen LogP contribution in [0.1, 0.15) is 22.1 Å². The number of carbonyl (C=O) groups excluding carboxylic acids is 1. The Balaban J connectivity index is 1.75. The van der Waals surface area contributed by atoms with E-state index in [1.807, 2.05) is 12.5 Å². The van der Waals surface area contributed by atoms with Gasteiger partial charge in [-0.05, 0) is 30.7 Å². The number of esters is 1. The van der Waals surface area contributed by atoms with Gasteiger partial charge < -0.3 is 23.0 Å². The van der Waals surface area contributed by atoms with E-state index in [4.69, 9.17) is 23.0 Å². The number of nitrogens with zero attached hydrogens (tertiary/aromatic N) is 4. The maximum absolute atomic E-state index is 11.8. The van der Waals surface area contributed by atoms with E-state index in [9.17, 15) is 4.79 Å². The Morgan fingerprint density at radius 3 is 2.00 bits per heavy atom. The molecule has 12 heteroatoms. The zero-order valence-electron chi connectivity index (χ0n) is 15.2. The molecule has 0 amide bonds. The van der Waals surface area contributed by atoms with Gasteiger partial charge in [0.1, 0.15) is 0 Å². The van der Waals surface area contributed by atoms with E-state index in [2.05, 4.69) is 20.4 Å². The third-order valence-electron chi connectivity index (χ3n) is 3.31. The Labute approximate surface area is 168 Å². The summed E-state index contributed by atoms with van der Waals surface area (Å²) in [6.07, 6.45) is 3.65. The first-order valence-corrected chi connectivity index (χ1v) is 10.3. The number of benzene rings is 1.